The monoisotopic (exact) mass is 750 g/mol. The first kappa shape index (κ1) is 38.1. The Balaban J connectivity index is 1.42. The van der Waals surface area contributed by atoms with E-state index in [0.29, 0.717) is 87.1 Å². The predicted octanol–water partition coefficient (Wildman–Crippen LogP) is 2.60. The van der Waals surface area contributed by atoms with E-state index in [2.05, 4.69) is 20.4 Å². The number of aromatic nitrogens is 5. The minimum absolute atomic E-state index is 0.254. The fourth-order valence-corrected chi connectivity index (χ4v) is 6.80. The van der Waals surface area contributed by atoms with E-state index in [1.165, 1.54) is 0 Å². The molecule has 5 aromatic heterocycles. The predicted molar refractivity (Wildman–Crippen MR) is 214 cm³/mol. The van der Waals surface area contributed by atoms with E-state index < -0.39 is 0 Å². The third kappa shape index (κ3) is 9.91. The van der Waals surface area contributed by atoms with Crippen molar-refractivity contribution in [2.45, 2.75) is 39.1 Å². The summed E-state index contributed by atoms with van der Waals surface area (Å²) in [7, 11) is 0. The first-order valence-corrected chi connectivity index (χ1v) is 18.7. The zero-order valence-electron chi connectivity index (χ0n) is 31.2. The lowest BCUT2D eigenvalue weighted by Gasteiger charge is -2.24. The molecule has 14 nitrogen and oxygen atoms in total. The van der Waals surface area contributed by atoms with Crippen LogP contribution in [0.3, 0.4) is 0 Å². The van der Waals surface area contributed by atoms with Gasteiger partial charge in [0.2, 0.25) is 0 Å². The van der Waals surface area contributed by atoms with Crippen molar-refractivity contribution in [2.24, 2.45) is 17.2 Å². The lowest BCUT2D eigenvalue weighted by atomic mass is 10.1. The van der Waals surface area contributed by atoms with Gasteiger partial charge in [0.25, 0.3) is 11.8 Å². The van der Waals surface area contributed by atoms with Gasteiger partial charge in [0.05, 0.1) is 51.2 Å². The molecule has 5 aromatic rings. The van der Waals surface area contributed by atoms with Gasteiger partial charge in [-0.2, -0.15) is 0 Å². The zero-order valence-corrected chi connectivity index (χ0v) is 31.2. The summed E-state index contributed by atoms with van der Waals surface area (Å²) in [6, 6.07) is 27.3. The van der Waals surface area contributed by atoms with Crippen LogP contribution in [0.5, 0.6) is 0 Å². The van der Waals surface area contributed by atoms with Gasteiger partial charge >= 0.3 is 0 Å². The summed E-state index contributed by atoms with van der Waals surface area (Å²) in [4.78, 5) is 56.5. The summed E-state index contributed by atoms with van der Waals surface area (Å²) in [5.41, 5.74) is 27.1. The van der Waals surface area contributed by atoms with E-state index in [1.54, 1.807) is 24.3 Å². The first-order chi connectivity index (χ1) is 27.3. The summed E-state index contributed by atoms with van der Waals surface area (Å²) in [6.07, 6.45) is 3.73. The van der Waals surface area contributed by atoms with Crippen molar-refractivity contribution in [1.82, 2.24) is 45.4 Å². The zero-order chi connectivity index (χ0) is 38.9. The Morgan fingerprint density at radius 3 is 1.46 bits per heavy atom. The third-order valence-electron chi connectivity index (χ3n) is 9.27. The van der Waals surface area contributed by atoms with Crippen molar-refractivity contribution in [1.29, 1.82) is 0 Å². The number of nitrogens with zero attached hydrogens (tertiary/aromatic N) is 7. The van der Waals surface area contributed by atoms with Crippen molar-refractivity contribution >= 4 is 11.8 Å². The van der Waals surface area contributed by atoms with Gasteiger partial charge in [-0.05, 0) is 66.7 Å². The topological polar surface area (TPSA) is 207 Å². The molecule has 3 aliphatic rings. The molecule has 0 aromatic carbocycles. The van der Waals surface area contributed by atoms with Crippen LogP contribution in [-0.2, 0) is 43.9 Å². The Kier molecular flexibility index (Phi) is 12.2. The number of carbonyl (C=O) groups excluding carboxylic acids is 2. The molecule has 14 heteroatoms. The van der Waals surface area contributed by atoms with Crippen molar-refractivity contribution < 1.29 is 9.59 Å². The van der Waals surface area contributed by atoms with Crippen LogP contribution in [0.15, 0.2) is 108 Å². The van der Waals surface area contributed by atoms with Crippen LogP contribution in [0, 0.1) is 0 Å². The normalized spacial score (nSPS) is 18.8. The maximum absolute atomic E-state index is 13.5. The van der Waals surface area contributed by atoms with Gasteiger partial charge in [0.15, 0.2) is 0 Å². The average molecular weight is 751 g/mol. The van der Waals surface area contributed by atoms with Gasteiger partial charge in [-0.3, -0.25) is 24.4 Å². The highest BCUT2D eigenvalue weighted by atomic mass is 16.2. The molecule has 0 saturated carbocycles. The minimum Gasteiger partial charge on any atom is -0.401 e. The van der Waals surface area contributed by atoms with E-state index in [-0.39, 0.29) is 24.8 Å². The van der Waals surface area contributed by atoms with Crippen LogP contribution in [0.2, 0.25) is 0 Å². The molecule has 2 amide bonds. The molecule has 8 rings (SSSR count). The molecule has 0 atom stereocenters. The molecule has 0 saturated heterocycles. The number of hydrogen-bond donors (Lipinski definition) is 5. The fourth-order valence-electron chi connectivity index (χ4n) is 6.80. The Morgan fingerprint density at radius 2 is 0.982 bits per heavy atom. The lowest BCUT2D eigenvalue weighted by molar-refractivity contribution is -0.117. The molecular formula is C42H46N12O2. The summed E-state index contributed by atoms with van der Waals surface area (Å²) in [5.74, 6) is -0.582. The summed E-state index contributed by atoms with van der Waals surface area (Å²) in [5, 5.41) is 5.76. The molecule has 8 heterocycles. The smallest absolute Gasteiger partial charge is 0.251 e. The lowest BCUT2D eigenvalue weighted by Crippen LogP contribution is -2.31. The van der Waals surface area contributed by atoms with Crippen LogP contribution in [0.4, 0.5) is 0 Å². The van der Waals surface area contributed by atoms with E-state index >= 15 is 0 Å². The summed E-state index contributed by atoms with van der Waals surface area (Å²) in [6.45, 7) is 3.66. The Bertz CT molecular complexity index is 2180. The van der Waals surface area contributed by atoms with E-state index in [1.807, 2.05) is 72.8 Å². The fraction of sp³-hybridized carbons (Fsp3) is 0.262. The molecular weight excluding hydrogens is 705 g/mol. The van der Waals surface area contributed by atoms with Crippen LogP contribution in [0.25, 0.3) is 22.8 Å². The highest BCUT2D eigenvalue weighted by molar-refractivity contribution is 5.96. The second-order valence-electron chi connectivity index (χ2n) is 13.9. The number of amides is 2. The number of carbonyl (C=O) groups is 2. The molecule has 0 fully saturated rings. The molecule has 0 unspecified atom stereocenters. The average Bonchev–Trinajstić information content (AvgIpc) is 3.20. The van der Waals surface area contributed by atoms with Crippen molar-refractivity contribution in [2.75, 3.05) is 32.7 Å². The van der Waals surface area contributed by atoms with Crippen LogP contribution in [-0.4, -0.2) is 79.3 Å². The molecule has 8 N–H and O–H groups in total. The number of allylic oxidation sites excluding steroid dienone is 1. The second kappa shape index (κ2) is 18.0. The van der Waals surface area contributed by atoms with Crippen LogP contribution < -0.4 is 27.8 Å². The number of hydrogen-bond acceptors (Lipinski definition) is 12. The van der Waals surface area contributed by atoms with E-state index in [0.717, 1.165) is 45.6 Å². The summed E-state index contributed by atoms with van der Waals surface area (Å²) < 4.78 is 0. The second-order valence-corrected chi connectivity index (χ2v) is 13.9. The van der Waals surface area contributed by atoms with Gasteiger partial charge in [-0.25, -0.2) is 19.9 Å². The number of rotatable bonds is 6. The molecule has 0 spiro atoms. The number of pyridine rings is 5. The number of nitrogens with one attached hydrogen (secondary N) is 2. The Hall–Kier alpha value is -6.19. The van der Waals surface area contributed by atoms with Crippen LogP contribution in [0.1, 0.15) is 44.5 Å². The van der Waals surface area contributed by atoms with E-state index in [9.17, 15) is 9.59 Å². The maximum Gasteiger partial charge on any atom is 0.251 e. The van der Waals surface area contributed by atoms with Crippen molar-refractivity contribution in [3.63, 3.8) is 0 Å². The van der Waals surface area contributed by atoms with Gasteiger partial charge in [0, 0.05) is 94.4 Å². The largest absolute Gasteiger partial charge is 0.401 e. The Labute approximate surface area is 326 Å². The number of nitrogens with two attached hydrogens (primary N) is 3. The van der Waals surface area contributed by atoms with Gasteiger partial charge in [-0.15, -0.1) is 0 Å². The highest BCUT2D eigenvalue weighted by Gasteiger charge is 2.19. The molecule has 0 aliphatic carbocycles. The minimum atomic E-state index is -0.316. The molecule has 286 valence electrons. The van der Waals surface area contributed by atoms with Crippen molar-refractivity contribution in [3.05, 3.63) is 148 Å². The first-order valence-electron chi connectivity index (χ1n) is 18.7. The number of fused-ring (bicyclic) bond motifs is 3. The summed E-state index contributed by atoms with van der Waals surface area (Å²) >= 11 is 0. The molecule has 0 radical (unpaired) electrons. The van der Waals surface area contributed by atoms with Gasteiger partial charge in [0.1, 0.15) is 0 Å². The maximum atomic E-state index is 13.5. The SMILES string of the molecule is NCCNC(=O)C1=C\Cc2cc(C(=O)NCCN)cc(n2)CN2Cc3cccc(n3)-c3cccc(n3)CN(C\C(N)=C\1)Cc1cccc(n1)-c1cccc(n1)C2. The highest BCUT2D eigenvalue weighted by Crippen LogP contribution is 2.23. The molecule has 3 aliphatic heterocycles. The van der Waals surface area contributed by atoms with Gasteiger partial charge < -0.3 is 27.8 Å². The van der Waals surface area contributed by atoms with Crippen molar-refractivity contribution in [3.8, 4) is 22.8 Å². The third-order valence-corrected chi connectivity index (χ3v) is 9.27. The standard InChI is InChI=1S/C42H46N12O2/c43-15-17-46-41(55)28-13-14-31-20-29(42(56)47-18-16-44)21-36(48-31)27-54-25-34-7-3-11-39(51-34)37-9-1-5-32(49-37)23-53(22-30(45)19-28)24-33-6-2-10-38(50-33)40-12-4-8-35(26-54)52-40/h1-13,19-21H,14-18,22-27,43-45H2,(H,46,55)(H,47,56)/b28-13-,30-19-. The Morgan fingerprint density at radius 1 is 0.554 bits per heavy atom. The van der Waals surface area contributed by atoms with Gasteiger partial charge in [-0.1, -0.05) is 30.3 Å². The van der Waals surface area contributed by atoms with E-state index in [4.69, 9.17) is 42.1 Å². The quantitative estimate of drug-likeness (QED) is 0.170. The van der Waals surface area contributed by atoms with Crippen LogP contribution >= 0.6 is 0 Å². The molecule has 12 bridgehead atoms. The molecule has 56 heavy (non-hydrogen) atoms.